The number of ketones is 1. The highest BCUT2D eigenvalue weighted by molar-refractivity contribution is 5.97. The van der Waals surface area contributed by atoms with Crippen LogP contribution in [0.2, 0.25) is 0 Å². The van der Waals surface area contributed by atoms with Crippen LogP contribution in [-0.2, 0) is 6.42 Å². The van der Waals surface area contributed by atoms with Crippen molar-refractivity contribution in [1.82, 2.24) is 0 Å². The lowest BCUT2D eigenvalue weighted by molar-refractivity contribution is 0.0982. The van der Waals surface area contributed by atoms with E-state index in [0.717, 1.165) is 17.5 Å². The molecule has 0 aliphatic rings. The van der Waals surface area contributed by atoms with E-state index in [1.165, 1.54) is 16.7 Å². The van der Waals surface area contributed by atoms with E-state index in [9.17, 15) is 4.79 Å². The second-order valence-electron chi connectivity index (χ2n) is 5.17. The van der Waals surface area contributed by atoms with Gasteiger partial charge in [0.05, 0.1) is 0 Å². The molecule has 98 valence electrons. The van der Waals surface area contributed by atoms with Gasteiger partial charge in [0, 0.05) is 12.0 Å². The molecule has 0 bridgehead atoms. The van der Waals surface area contributed by atoms with Crippen LogP contribution in [0, 0.1) is 20.8 Å². The topological polar surface area (TPSA) is 17.1 Å². The Balaban J connectivity index is 2.08. The number of hydrogen-bond donors (Lipinski definition) is 0. The molecule has 0 aliphatic carbocycles. The van der Waals surface area contributed by atoms with Gasteiger partial charge in [0.1, 0.15) is 0 Å². The zero-order valence-corrected chi connectivity index (χ0v) is 11.9. The van der Waals surface area contributed by atoms with Crippen molar-refractivity contribution < 1.29 is 4.79 Å². The molecule has 0 aliphatic heterocycles. The largest absolute Gasteiger partial charge is 0.294 e. The second-order valence-corrected chi connectivity index (χ2v) is 5.17. The summed E-state index contributed by atoms with van der Waals surface area (Å²) >= 11 is 0. The van der Waals surface area contributed by atoms with Crippen LogP contribution in [0.15, 0.2) is 42.5 Å². The fourth-order valence-electron chi connectivity index (χ4n) is 2.40. The fourth-order valence-corrected chi connectivity index (χ4v) is 2.40. The molecule has 0 spiro atoms. The average molecular weight is 252 g/mol. The van der Waals surface area contributed by atoms with Crippen LogP contribution < -0.4 is 0 Å². The molecule has 0 atom stereocenters. The van der Waals surface area contributed by atoms with Crippen molar-refractivity contribution in [3.8, 4) is 0 Å². The van der Waals surface area contributed by atoms with Gasteiger partial charge in [-0.15, -0.1) is 0 Å². The number of carbonyl (C=O) groups is 1. The predicted molar refractivity (Wildman–Crippen MR) is 79.7 cm³/mol. The Morgan fingerprint density at radius 1 is 0.947 bits per heavy atom. The number of Topliss-reactive ketones (excluding diaryl/α,β-unsaturated/α-hetero) is 1. The first kappa shape index (κ1) is 13.5. The SMILES string of the molecule is Cc1ccc(C(=O)CCc2ccccc2C)c(C)c1. The summed E-state index contributed by atoms with van der Waals surface area (Å²) in [7, 11) is 0. The summed E-state index contributed by atoms with van der Waals surface area (Å²) in [5.74, 6) is 0.237. The molecule has 0 aromatic heterocycles. The number of hydrogen-bond acceptors (Lipinski definition) is 1. The molecule has 0 heterocycles. The van der Waals surface area contributed by atoms with Crippen molar-refractivity contribution in [2.75, 3.05) is 0 Å². The van der Waals surface area contributed by atoms with E-state index in [1.54, 1.807) is 0 Å². The van der Waals surface area contributed by atoms with Crippen molar-refractivity contribution in [3.05, 3.63) is 70.3 Å². The fraction of sp³-hybridized carbons (Fsp3) is 0.278. The van der Waals surface area contributed by atoms with Gasteiger partial charge in [0.25, 0.3) is 0 Å². The van der Waals surface area contributed by atoms with E-state index in [0.29, 0.717) is 6.42 Å². The minimum atomic E-state index is 0.237. The molecule has 1 nitrogen and oxygen atoms in total. The van der Waals surface area contributed by atoms with Gasteiger partial charge in [-0.05, 0) is 43.9 Å². The average Bonchev–Trinajstić information content (AvgIpc) is 2.37. The van der Waals surface area contributed by atoms with Crippen LogP contribution in [0.4, 0.5) is 0 Å². The Morgan fingerprint density at radius 3 is 2.37 bits per heavy atom. The lowest BCUT2D eigenvalue weighted by atomic mass is 9.96. The third-order valence-corrected chi connectivity index (χ3v) is 3.56. The van der Waals surface area contributed by atoms with Crippen LogP contribution in [-0.4, -0.2) is 5.78 Å². The minimum absolute atomic E-state index is 0.237. The molecule has 2 rings (SSSR count). The Bertz CT molecular complexity index is 596. The summed E-state index contributed by atoms with van der Waals surface area (Å²) in [5.41, 5.74) is 5.67. The van der Waals surface area contributed by atoms with Gasteiger partial charge < -0.3 is 0 Å². The van der Waals surface area contributed by atoms with Gasteiger partial charge >= 0.3 is 0 Å². The van der Waals surface area contributed by atoms with E-state index in [1.807, 2.05) is 31.2 Å². The number of aryl methyl sites for hydroxylation is 4. The highest BCUT2D eigenvalue weighted by Gasteiger charge is 2.09. The molecule has 0 saturated carbocycles. The molecule has 0 radical (unpaired) electrons. The van der Waals surface area contributed by atoms with E-state index >= 15 is 0 Å². The van der Waals surface area contributed by atoms with Crippen LogP contribution in [0.25, 0.3) is 0 Å². The van der Waals surface area contributed by atoms with E-state index in [-0.39, 0.29) is 5.78 Å². The summed E-state index contributed by atoms with van der Waals surface area (Å²) in [5, 5.41) is 0. The zero-order chi connectivity index (χ0) is 13.8. The molecule has 2 aromatic carbocycles. The molecule has 19 heavy (non-hydrogen) atoms. The van der Waals surface area contributed by atoms with Gasteiger partial charge in [0.15, 0.2) is 5.78 Å². The van der Waals surface area contributed by atoms with Gasteiger partial charge in [-0.25, -0.2) is 0 Å². The normalized spacial score (nSPS) is 10.5. The third kappa shape index (κ3) is 3.31. The maximum Gasteiger partial charge on any atom is 0.163 e. The summed E-state index contributed by atoms with van der Waals surface area (Å²) in [6.07, 6.45) is 1.40. The number of rotatable bonds is 4. The van der Waals surface area contributed by atoms with Gasteiger partial charge in [-0.2, -0.15) is 0 Å². The maximum atomic E-state index is 12.3. The first-order valence-corrected chi connectivity index (χ1v) is 6.73. The molecular weight excluding hydrogens is 232 g/mol. The zero-order valence-electron chi connectivity index (χ0n) is 11.9. The third-order valence-electron chi connectivity index (χ3n) is 3.56. The maximum absolute atomic E-state index is 12.3. The smallest absolute Gasteiger partial charge is 0.163 e. The standard InChI is InChI=1S/C18H20O/c1-13-8-10-17(15(3)12-13)18(19)11-9-16-7-5-4-6-14(16)2/h4-8,10,12H,9,11H2,1-3H3. The Hall–Kier alpha value is -1.89. The molecule has 0 N–H and O–H groups in total. The van der Waals surface area contributed by atoms with Crippen molar-refractivity contribution >= 4 is 5.78 Å². The Labute approximate surface area is 115 Å². The van der Waals surface area contributed by atoms with Gasteiger partial charge in [-0.3, -0.25) is 4.79 Å². The molecular formula is C18H20O. The van der Waals surface area contributed by atoms with E-state index in [2.05, 4.69) is 32.0 Å². The van der Waals surface area contributed by atoms with Crippen molar-refractivity contribution in [2.45, 2.75) is 33.6 Å². The predicted octanol–water partition coefficient (Wildman–Crippen LogP) is 4.43. The highest BCUT2D eigenvalue weighted by Crippen LogP contribution is 2.15. The first-order valence-electron chi connectivity index (χ1n) is 6.73. The number of benzene rings is 2. The van der Waals surface area contributed by atoms with Crippen molar-refractivity contribution in [2.24, 2.45) is 0 Å². The minimum Gasteiger partial charge on any atom is -0.294 e. The number of carbonyl (C=O) groups excluding carboxylic acids is 1. The quantitative estimate of drug-likeness (QED) is 0.736. The Morgan fingerprint density at radius 2 is 1.68 bits per heavy atom. The molecule has 0 fully saturated rings. The molecule has 0 saturated heterocycles. The van der Waals surface area contributed by atoms with E-state index < -0.39 is 0 Å². The van der Waals surface area contributed by atoms with Crippen LogP contribution in [0.1, 0.15) is 39.0 Å². The van der Waals surface area contributed by atoms with Crippen LogP contribution in [0.5, 0.6) is 0 Å². The first-order chi connectivity index (χ1) is 9.08. The lowest BCUT2D eigenvalue weighted by Gasteiger charge is -2.07. The monoisotopic (exact) mass is 252 g/mol. The van der Waals surface area contributed by atoms with Crippen LogP contribution in [0.3, 0.4) is 0 Å². The van der Waals surface area contributed by atoms with E-state index in [4.69, 9.17) is 0 Å². The lowest BCUT2D eigenvalue weighted by Crippen LogP contribution is -2.04. The summed E-state index contributed by atoms with van der Waals surface area (Å²) in [4.78, 5) is 12.3. The van der Waals surface area contributed by atoms with Crippen molar-refractivity contribution in [3.63, 3.8) is 0 Å². The van der Waals surface area contributed by atoms with Crippen LogP contribution >= 0.6 is 0 Å². The summed E-state index contributed by atoms with van der Waals surface area (Å²) < 4.78 is 0. The highest BCUT2D eigenvalue weighted by atomic mass is 16.1. The summed E-state index contributed by atoms with van der Waals surface area (Å²) in [6.45, 7) is 6.15. The summed E-state index contributed by atoms with van der Waals surface area (Å²) in [6, 6.07) is 14.3. The molecule has 2 aromatic rings. The molecule has 1 heteroatoms. The van der Waals surface area contributed by atoms with Crippen molar-refractivity contribution in [1.29, 1.82) is 0 Å². The Kier molecular flexibility index (Phi) is 4.16. The molecule has 0 amide bonds. The van der Waals surface area contributed by atoms with Gasteiger partial charge in [-0.1, -0.05) is 48.0 Å². The second kappa shape index (κ2) is 5.83. The molecule has 0 unspecified atom stereocenters. The van der Waals surface area contributed by atoms with Gasteiger partial charge in [0.2, 0.25) is 0 Å².